The van der Waals surface area contributed by atoms with Crippen LogP contribution in [0.4, 0.5) is 0 Å². The molecular weight excluding hydrogens is 354 g/mol. The number of carbonyl (C=O) groups is 1. The van der Waals surface area contributed by atoms with Crippen molar-refractivity contribution in [2.24, 2.45) is 0 Å². The third-order valence-electron chi connectivity index (χ3n) is 3.50. The van der Waals surface area contributed by atoms with E-state index < -0.39 is 0 Å². The van der Waals surface area contributed by atoms with E-state index in [1.54, 1.807) is 23.9 Å². The Morgan fingerprint density at radius 3 is 2.96 bits per heavy atom. The Labute approximate surface area is 154 Å². The number of hydrogen-bond donors (Lipinski definition) is 1. The molecule has 0 aliphatic rings. The lowest BCUT2D eigenvalue weighted by Crippen LogP contribution is -2.30. The maximum atomic E-state index is 12.3. The third kappa shape index (κ3) is 4.23. The summed E-state index contributed by atoms with van der Waals surface area (Å²) in [6, 6.07) is 11.1. The Morgan fingerprint density at radius 2 is 2.19 bits per heavy atom. The molecule has 0 aliphatic carbocycles. The lowest BCUT2D eigenvalue weighted by molar-refractivity contribution is -0.120. The number of para-hydroxylation sites is 2. The van der Waals surface area contributed by atoms with E-state index in [-0.39, 0.29) is 11.2 Å². The highest BCUT2D eigenvalue weighted by molar-refractivity contribution is 8.00. The fourth-order valence-electron chi connectivity index (χ4n) is 2.26. The first-order chi connectivity index (χ1) is 12.7. The number of nitrogens with zero attached hydrogens (tertiary/aromatic N) is 4. The van der Waals surface area contributed by atoms with E-state index in [1.807, 2.05) is 37.3 Å². The smallest absolute Gasteiger partial charge is 0.233 e. The van der Waals surface area contributed by atoms with Gasteiger partial charge in [-0.05, 0) is 48.5 Å². The van der Waals surface area contributed by atoms with Crippen molar-refractivity contribution in [2.45, 2.75) is 30.8 Å². The Morgan fingerprint density at radius 1 is 1.35 bits per heavy atom. The number of carbonyl (C=O) groups excluding carboxylic acids is 1. The molecule has 0 saturated carbocycles. The summed E-state index contributed by atoms with van der Waals surface area (Å²) in [5.41, 5.74) is 0.727. The molecule has 2 heterocycles. The van der Waals surface area contributed by atoms with E-state index in [9.17, 15) is 4.79 Å². The first kappa shape index (κ1) is 18.0. The molecule has 1 atom stereocenters. The van der Waals surface area contributed by atoms with Crippen LogP contribution < -0.4 is 10.1 Å². The summed E-state index contributed by atoms with van der Waals surface area (Å²) >= 11 is 1.27. The van der Waals surface area contributed by atoms with Crippen LogP contribution in [0.25, 0.3) is 5.69 Å². The normalized spacial score (nSPS) is 11.9. The second-order valence-corrected chi connectivity index (χ2v) is 6.64. The van der Waals surface area contributed by atoms with Gasteiger partial charge in [0.05, 0.1) is 24.7 Å². The molecule has 0 unspecified atom stereocenters. The number of thioether (sulfide) groups is 1. The van der Waals surface area contributed by atoms with Crippen molar-refractivity contribution < 1.29 is 13.9 Å². The second kappa shape index (κ2) is 8.52. The molecule has 136 valence electrons. The highest BCUT2D eigenvalue weighted by atomic mass is 32.2. The van der Waals surface area contributed by atoms with Crippen LogP contribution >= 0.6 is 11.8 Å². The van der Waals surface area contributed by atoms with Crippen molar-refractivity contribution >= 4 is 17.7 Å². The first-order valence-electron chi connectivity index (χ1n) is 8.16. The predicted molar refractivity (Wildman–Crippen MR) is 96.2 cm³/mol. The Bertz CT molecular complexity index is 850. The summed E-state index contributed by atoms with van der Waals surface area (Å²) in [4.78, 5) is 12.3. The van der Waals surface area contributed by atoms with Gasteiger partial charge >= 0.3 is 0 Å². The molecule has 26 heavy (non-hydrogen) atoms. The largest absolute Gasteiger partial charge is 0.492 e. The zero-order valence-corrected chi connectivity index (χ0v) is 15.3. The summed E-state index contributed by atoms with van der Waals surface area (Å²) in [6.45, 7) is 4.59. The lowest BCUT2D eigenvalue weighted by atomic mass is 10.3. The molecule has 1 amide bonds. The number of aromatic nitrogens is 4. The number of amides is 1. The van der Waals surface area contributed by atoms with Gasteiger partial charge in [0.1, 0.15) is 17.2 Å². The van der Waals surface area contributed by atoms with Crippen molar-refractivity contribution in [1.82, 2.24) is 25.5 Å². The van der Waals surface area contributed by atoms with Crippen molar-refractivity contribution in [1.29, 1.82) is 0 Å². The van der Waals surface area contributed by atoms with E-state index in [0.29, 0.717) is 29.8 Å². The molecule has 9 heteroatoms. The van der Waals surface area contributed by atoms with E-state index in [0.717, 1.165) is 5.69 Å². The van der Waals surface area contributed by atoms with Gasteiger partial charge in [-0.25, -0.2) is 0 Å². The van der Waals surface area contributed by atoms with Crippen LogP contribution in [0.15, 0.2) is 52.2 Å². The van der Waals surface area contributed by atoms with Gasteiger partial charge in [-0.1, -0.05) is 23.9 Å². The van der Waals surface area contributed by atoms with Crippen LogP contribution in [-0.4, -0.2) is 38.0 Å². The number of nitrogens with one attached hydrogen (secondary N) is 1. The quantitative estimate of drug-likeness (QED) is 0.606. The molecule has 0 spiro atoms. The molecule has 0 fully saturated rings. The number of benzene rings is 1. The monoisotopic (exact) mass is 373 g/mol. The van der Waals surface area contributed by atoms with Gasteiger partial charge in [0, 0.05) is 0 Å². The molecule has 0 bridgehead atoms. The Kier molecular flexibility index (Phi) is 5.90. The second-order valence-electron chi connectivity index (χ2n) is 5.33. The summed E-state index contributed by atoms with van der Waals surface area (Å²) < 4.78 is 12.4. The molecule has 0 radical (unpaired) electrons. The van der Waals surface area contributed by atoms with E-state index in [2.05, 4.69) is 20.8 Å². The molecule has 1 N–H and O–H groups in total. The van der Waals surface area contributed by atoms with Gasteiger partial charge in [-0.2, -0.15) is 4.68 Å². The van der Waals surface area contributed by atoms with Gasteiger partial charge in [0.25, 0.3) is 0 Å². The number of ether oxygens (including phenoxy) is 1. The van der Waals surface area contributed by atoms with Crippen LogP contribution in [0.1, 0.15) is 19.6 Å². The van der Waals surface area contributed by atoms with E-state index in [1.165, 1.54) is 11.8 Å². The van der Waals surface area contributed by atoms with Crippen molar-refractivity contribution in [2.75, 3.05) is 6.61 Å². The van der Waals surface area contributed by atoms with Crippen LogP contribution in [-0.2, 0) is 11.3 Å². The Hall–Kier alpha value is -2.81. The third-order valence-corrected chi connectivity index (χ3v) is 4.54. The summed E-state index contributed by atoms with van der Waals surface area (Å²) in [6.07, 6.45) is 1.57. The molecule has 3 aromatic rings. The topological polar surface area (TPSA) is 95.1 Å². The average Bonchev–Trinajstić information content (AvgIpc) is 3.32. The first-order valence-corrected chi connectivity index (χ1v) is 9.04. The standard InChI is InChI=1S/C17H19N5O3S/c1-3-24-15-9-5-4-8-14(15)22-17(19-20-21-22)26-12(2)16(23)18-11-13-7-6-10-25-13/h4-10,12H,3,11H2,1-2H3,(H,18,23)/t12-/m0/s1. The SMILES string of the molecule is CCOc1ccccc1-n1nnnc1S[C@@H](C)C(=O)NCc1ccco1. The van der Waals surface area contributed by atoms with Gasteiger partial charge in [-0.3, -0.25) is 4.79 Å². The summed E-state index contributed by atoms with van der Waals surface area (Å²) in [5, 5.41) is 14.8. The summed E-state index contributed by atoms with van der Waals surface area (Å²) in [5.74, 6) is 1.25. The highest BCUT2D eigenvalue weighted by Crippen LogP contribution is 2.27. The molecule has 2 aromatic heterocycles. The van der Waals surface area contributed by atoms with Crippen LogP contribution in [0.5, 0.6) is 5.75 Å². The van der Waals surface area contributed by atoms with Crippen LogP contribution in [0.3, 0.4) is 0 Å². The molecule has 1 aromatic carbocycles. The molecule has 0 aliphatic heterocycles. The van der Waals surface area contributed by atoms with Gasteiger partial charge in [0.2, 0.25) is 11.1 Å². The number of furan rings is 1. The van der Waals surface area contributed by atoms with Crippen LogP contribution in [0.2, 0.25) is 0 Å². The maximum absolute atomic E-state index is 12.3. The fourth-order valence-corrected chi connectivity index (χ4v) is 3.08. The average molecular weight is 373 g/mol. The van der Waals surface area contributed by atoms with Crippen LogP contribution in [0, 0.1) is 0 Å². The lowest BCUT2D eigenvalue weighted by Gasteiger charge is -2.13. The number of hydrogen-bond acceptors (Lipinski definition) is 7. The van der Waals surface area contributed by atoms with Gasteiger partial charge < -0.3 is 14.5 Å². The molecule has 8 nitrogen and oxygen atoms in total. The molecule has 0 saturated heterocycles. The minimum absolute atomic E-state index is 0.126. The fraction of sp³-hybridized carbons (Fsp3) is 0.294. The predicted octanol–water partition coefficient (Wildman–Crippen LogP) is 2.45. The minimum Gasteiger partial charge on any atom is -0.492 e. The zero-order valence-electron chi connectivity index (χ0n) is 14.5. The maximum Gasteiger partial charge on any atom is 0.233 e. The Balaban J connectivity index is 1.69. The minimum atomic E-state index is -0.381. The molecule has 3 rings (SSSR count). The highest BCUT2D eigenvalue weighted by Gasteiger charge is 2.20. The van der Waals surface area contributed by atoms with Crippen molar-refractivity contribution in [3.8, 4) is 11.4 Å². The zero-order chi connectivity index (χ0) is 18.4. The van der Waals surface area contributed by atoms with Crippen molar-refractivity contribution in [3.63, 3.8) is 0 Å². The summed E-state index contributed by atoms with van der Waals surface area (Å²) in [7, 11) is 0. The van der Waals surface area contributed by atoms with Gasteiger partial charge in [-0.15, -0.1) is 5.10 Å². The van der Waals surface area contributed by atoms with Crippen molar-refractivity contribution in [3.05, 3.63) is 48.4 Å². The van der Waals surface area contributed by atoms with E-state index in [4.69, 9.17) is 9.15 Å². The molecular formula is C17H19N5O3S. The number of rotatable bonds is 8. The number of tetrazole rings is 1. The van der Waals surface area contributed by atoms with E-state index >= 15 is 0 Å². The van der Waals surface area contributed by atoms with Gasteiger partial charge in [0.15, 0.2) is 0 Å².